The molecule has 0 aliphatic rings. The third kappa shape index (κ3) is 3.85. The Labute approximate surface area is 58.1 Å². The molecule has 0 fully saturated rings. The number of carboxylic acids is 1. The molecular formula is C5H10N2O3. The molecule has 4 N–H and O–H groups in total. The zero-order valence-electron chi connectivity index (χ0n) is 5.40. The Hall–Kier alpha value is -1.10. The zero-order chi connectivity index (χ0) is 7.98. The molecule has 0 rings (SSSR count). The van der Waals surface area contributed by atoms with Crippen molar-refractivity contribution in [3.05, 3.63) is 0 Å². The third-order valence-corrected chi connectivity index (χ3v) is 1.01. The average molecular weight is 146 g/mol. The first-order valence-corrected chi connectivity index (χ1v) is 2.82. The summed E-state index contributed by atoms with van der Waals surface area (Å²) in [6.45, 7) is 0. The Morgan fingerprint density at radius 2 is 2.40 bits per heavy atom. The van der Waals surface area contributed by atoms with E-state index in [9.17, 15) is 4.79 Å². The summed E-state index contributed by atoms with van der Waals surface area (Å²) in [5, 5.41) is 18.8. The van der Waals surface area contributed by atoms with Gasteiger partial charge in [0.1, 0.15) is 6.04 Å². The average Bonchev–Trinajstić information content (AvgIpc) is 1.88. The first kappa shape index (κ1) is 8.90. The molecule has 5 heteroatoms. The number of carbonyl (C=O) groups is 1. The van der Waals surface area contributed by atoms with Crippen molar-refractivity contribution in [1.82, 2.24) is 0 Å². The Balaban J connectivity index is 3.39. The number of hydrogen-bond acceptors (Lipinski definition) is 4. The lowest BCUT2D eigenvalue weighted by atomic mass is 10.2. The highest BCUT2D eigenvalue weighted by Crippen LogP contribution is 1.90. The van der Waals surface area contributed by atoms with Gasteiger partial charge in [0.05, 0.1) is 0 Å². The number of hydrogen-bond donors (Lipinski definition) is 3. The first-order valence-electron chi connectivity index (χ1n) is 2.82. The number of oxime groups is 1. The first-order chi connectivity index (χ1) is 4.68. The van der Waals surface area contributed by atoms with Crippen molar-refractivity contribution >= 4 is 12.2 Å². The van der Waals surface area contributed by atoms with Crippen molar-refractivity contribution in [3.63, 3.8) is 0 Å². The van der Waals surface area contributed by atoms with Gasteiger partial charge in [-0.1, -0.05) is 0 Å². The Kier molecular flexibility index (Phi) is 4.23. The summed E-state index contributed by atoms with van der Waals surface area (Å²) in [6.07, 6.45) is 1.88. The normalized spacial score (nSPS) is 13.7. The highest BCUT2D eigenvalue weighted by atomic mass is 16.4. The monoisotopic (exact) mass is 146 g/mol. The molecule has 0 saturated carbocycles. The van der Waals surface area contributed by atoms with E-state index in [0.717, 1.165) is 0 Å². The highest BCUT2D eigenvalue weighted by Gasteiger charge is 2.08. The second-order valence-electron chi connectivity index (χ2n) is 1.82. The third-order valence-electron chi connectivity index (χ3n) is 1.01. The van der Waals surface area contributed by atoms with Crippen molar-refractivity contribution in [2.75, 3.05) is 0 Å². The van der Waals surface area contributed by atoms with Gasteiger partial charge in [-0.05, 0) is 12.8 Å². The Morgan fingerprint density at radius 3 is 2.80 bits per heavy atom. The fourth-order valence-corrected chi connectivity index (χ4v) is 0.435. The van der Waals surface area contributed by atoms with Crippen LogP contribution in [0.1, 0.15) is 12.8 Å². The lowest BCUT2D eigenvalue weighted by Crippen LogP contribution is -2.29. The Morgan fingerprint density at radius 1 is 1.80 bits per heavy atom. The van der Waals surface area contributed by atoms with E-state index in [4.69, 9.17) is 16.0 Å². The molecule has 5 nitrogen and oxygen atoms in total. The lowest BCUT2D eigenvalue weighted by Gasteiger charge is -2.00. The largest absolute Gasteiger partial charge is 0.480 e. The van der Waals surface area contributed by atoms with Crippen molar-refractivity contribution in [2.24, 2.45) is 10.9 Å². The van der Waals surface area contributed by atoms with E-state index in [0.29, 0.717) is 12.8 Å². The van der Waals surface area contributed by atoms with E-state index in [-0.39, 0.29) is 0 Å². The van der Waals surface area contributed by atoms with E-state index >= 15 is 0 Å². The van der Waals surface area contributed by atoms with Gasteiger partial charge in [0.15, 0.2) is 0 Å². The van der Waals surface area contributed by atoms with Gasteiger partial charge >= 0.3 is 5.97 Å². The molecule has 0 aromatic rings. The van der Waals surface area contributed by atoms with Crippen molar-refractivity contribution < 1.29 is 15.1 Å². The maximum Gasteiger partial charge on any atom is 0.320 e. The minimum Gasteiger partial charge on any atom is -0.480 e. The summed E-state index contributed by atoms with van der Waals surface area (Å²) in [5.74, 6) is -1.04. The molecule has 1 atom stereocenters. The van der Waals surface area contributed by atoms with Gasteiger partial charge in [0, 0.05) is 6.21 Å². The van der Waals surface area contributed by atoms with Crippen LogP contribution in [-0.4, -0.2) is 28.5 Å². The van der Waals surface area contributed by atoms with E-state index in [1.165, 1.54) is 6.21 Å². The van der Waals surface area contributed by atoms with Crippen LogP contribution < -0.4 is 5.73 Å². The lowest BCUT2D eigenvalue weighted by molar-refractivity contribution is -0.138. The smallest absolute Gasteiger partial charge is 0.320 e. The Bertz CT molecular complexity index is 135. The van der Waals surface area contributed by atoms with Gasteiger partial charge in [-0.3, -0.25) is 4.79 Å². The molecule has 0 aliphatic carbocycles. The van der Waals surface area contributed by atoms with Crippen LogP contribution in [0.4, 0.5) is 0 Å². The van der Waals surface area contributed by atoms with Crippen LogP contribution in [0, 0.1) is 0 Å². The number of nitrogens with zero attached hydrogens (tertiary/aromatic N) is 1. The van der Waals surface area contributed by atoms with Crippen LogP contribution in [0.3, 0.4) is 0 Å². The second kappa shape index (κ2) is 4.75. The predicted octanol–water partition coefficient (Wildman–Crippen LogP) is -0.362. The van der Waals surface area contributed by atoms with Crippen molar-refractivity contribution in [2.45, 2.75) is 18.9 Å². The van der Waals surface area contributed by atoms with Gasteiger partial charge in [-0.25, -0.2) is 0 Å². The van der Waals surface area contributed by atoms with Crippen LogP contribution in [0.15, 0.2) is 5.16 Å². The van der Waals surface area contributed by atoms with Gasteiger partial charge < -0.3 is 16.0 Å². The van der Waals surface area contributed by atoms with Crippen LogP contribution in [0.25, 0.3) is 0 Å². The molecule has 0 aromatic carbocycles. The minimum absolute atomic E-state index is 0.291. The molecule has 0 radical (unpaired) electrons. The molecule has 0 amide bonds. The quantitative estimate of drug-likeness (QED) is 0.286. The fraction of sp³-hybridized carbons (Fsp3) is 0.600. The summed E-state index contributed by atoms with van der Waals surface area (Å²) in [6, 6.07) is -0.863. The van der Waals surface area contributed by atoms with Gasteiger partial charge in [-0.15, -0.1) is 5.16 Å². The summed E-state index contributed by atoms with van der Waals surface area (Å²) >= 11 is 0. The maximum absolute atomic E-state index is 10.1. The van der Waals surface area contributed by atoms with Crippen LogP contribution in [0.2, 0.25) is 0 Å². The molecule has 10 heavy (non-hydrogen) atoms. The minimum atomic E-state index is -1.04. The number of carboxylic acid groups (broad SMARTS) is 1. The van der Waals surface area contributed by atoms with Crippen LogP contribution in [-0.2, 0) is 4.79 Å². The molecule has 0 bridgehead atoms. The van der Waals surface area contributed by atoms with Gasteiger partial charge in [0.25, 0.3) is 0 Å². The summed E-state index contributed by atoms with van der Waals surface area (Å²) in [5.41, 5.74) is 5.11. The van der Waals surface area contributed by atoms with Gasteiger partial charge in [0.2, 0.25) is 0 Å². The van der Waals surface area contributed by atoms with Crippen LogP contribution >= 0.6 is 0 Å². The highest BCUT2D eigenvalue weighted by molar-refractivity contribution is 5.73. The molecule has 0 spiro atoms. The fourth-order valence-electron chi connectivity index (χ4n) is 0.435. The van der Waals surface area contributed by atoms with E-state index in [1.54, 1.807) is 0 Å². The van der Waals surface area contributed by atoms with Crippen LogP contribution in [0.5, 0.6) is 0 Å². The molecule has 0 heterocycles. The van der Waals surface area contributed by atoms with E-state index in [2.05, 4.69) is 5.16 Å². The molecule has 0 aromatic heterocycles. The molecular weight excluding hydrogens is 136 g/mol. The molecule has 0 saturated heterocycles. The van der Waals surface area contributed by atoms with E-state index in [1.807, 2.05) is 0 Å². The summed E-state index contributed by atoms with van der Waals surface area (Å²) in [4.78, 5) is 10.1. The predicted molar refractivity (Wildman–Crippen MR) is 35.1 cm³/mol. The zero-order valence-corrected chi connectivity index (χ0v) is 5.40. The SMILES string of the molecule is N[C@@H](CC/C=N/O)C(=O)O. The van der Waals surface area contributed by atoms with Crippen molar-refractivity contribution in [3.8, 4) is 0 Å². The van der Waals surface area contributed by atoms with Gasteiger partial charge in [-0.2, -0.15) is 0 Å². The number of nitrogens with two attached hydrogens (primary N) is 1. The summed E-state index contributed by atoms with van der Waals surface area (Å²) in [7, 11) is 0. The van der Waals surface area contributed by atoms with Crippen molar-refractivity contribution in [1.29, 1.82) is 0 Å². The number of aliphatic carboxylic acids is 1. The summed E-state index contributed by atoms with van der Waals surface area (Å²) < 4.78 is 0. The number of rotatable bonds is 4. The molecule has 58 valence electrons. The standard InChI is InChI=1S/C5H10N2O3/c6-4(5(8)9)2-1-3-7-10/h3-4,10H,1-2,6H2,(H,8,9)/b7-3+/t4-/m0/s1. The molecule has 0 unspecified atom stereocenters. The molecule has 0 aliphatic heterocycles. The topological polar surface area (TPSA) is 95.9 Å². The second-order valence-corrected chi connectivity index (χ2v) is 1.82. The maximum atomic E-state index is 10.1. The van der Waals surface area contributed by atoms with E-state index < -0.39 is 12.0 Å².